The van der Waals surface area contributed by atoms with Crippen molar-refractivity contribution in [1.82, 2.24) is 0 Å². The van der Waals surface area contributed by atoms with Gasteiger partial charge in [-0.25, -0.2) is 4.39 Å². The van der Waals surface area contributed by atoms with Crippen LogP contribution in [0.5, 0.6) is 17.2 Å². The van der Waals surface area contributed by atoms with Crippen LogP contribution in [0.2, 0.25) is 5.02 Å². The molecule has 0 saturated heterocycles. The lowest BCUT2D eigenvalue weighted by Gasteiger charge is -2.17. The molecule has 126 valence electrons. The molecule has 1 aliphatic rings. The Bertz CT molecular complexity index is 768. The van der Waals surface area contributed by atoms with Crippen molar-refractivity contribution >= 4 is 23.2 Å². The average molecular weight is 352 g/mol. The number of benzene rings is 2. The van der Waals surface area contributed by atoms with E-state index in [1.165, 1.54) is 12.1 Å². The fourth-order valence-electron chi connectivity index (χ4n) is 2.24. The molecular weight excluding hydrogens is 337 g/mol. The van der Waals surface area contributed by atoms with Crippen molar-refractivity contribution in [2.45, 2.75) is 19.4 Å². The van der Waals surface area contributed by atoms with Crippen molar-refractivity contribution in [3.05, 3.63) is 47.2 Å². The molecule has 7 heteroatoms. The predicted octanol–water partition coefficient (Wildman–Crippen LogP) is 4.00. The lowest BCUT2D eigenvalue weighted by atomic mass is 10.2. The van der Waals surface area contributed by atoms with Crippen LogP contribution in [-0.4, -0.2) is 18.8 Å². The summed E-state index contributed by atoms with van der Waals surface area (Å²) in [6.45, 7) is 1.96. The first kappa shape index (κ1) is 16.4. The largest absolute Gasteiger partial charge is 0.480 e. The lowest BCUT2D eigenvalue weighted by Crippen LogP contribution is -2.32. The summed E-state index contributed by atoms with van der Waals surface area (Å²) in [6, 6.07) is 9.09. The average Bonchev–Trinajstić information content (AvgIpc) is 3.02. The zero-order valence-corrected chi connectivity index (χ0v) is 13.6. The molecule has 0 radical (unpaired) electrons. The second-order valence-corrected chi connectivity index (χ2v) is 5.58. The molecule has 0 fully saturated rings. The highest BCUT2D eigenvalue weighted by Gasteiger charge is 2.21. The molecule has 1 aliphatic heterocycles. The quantitative estimate of drug-likeness (QED) is 0.884. The van der Waals surface area contributed by atoms with Gasteiger partial charge in [0.15, 0.2) is 17.6 Å². The summed E-state index contributed by atoms with van der Waals surface area (Å²) in [7, 11) is 0. The highest BCUT2D eigenvalue weighted by molar-refractivity contribution is 6.30. The number of carbonyl (C=O) groups excluding carboxylic acids is 1. The number of fused-ring (bicyclic) bond motifs is 1. The van der Waals surface area contributed by atoms with E-state index < -0.39 is 17.8 Å². The molecule has 0 bridgehead atoms. The summed E-state index contributed by atoms with van der Waals surface area (Å²) in [5.74, 6) is 0.609. The molecule has 0 saturated carbocycles. The molecule has 3 rings (SSSR count). The number of nitrogens with one attached hydrogen (secondary N) is 1. The molecule has 0 spiro atoms. The van der Waals surface area contributed by atoms with Crippen LogP contribution in [0.4, 0.5) is 10.1 Å². The van der Waals surface area contributed by atoms with Crippen LogP contribution >= 0.6 is 11.6 Å². The number of amides is 1. The van der Waals surface area contributed by atoms with E-state index in [4.69, 9.17) is 25.8 Å². The molecule has 0 aliphatic carbocycles. The van der Waals surface area contributed by atoms with E-state index >= 15 is 0 Å². The van der Waals surface area contributed by atoms with E-state index in [1.54, 1.807) is 25.1 Å². The zero-order chi connectivity index (χ0) is 17.1. The van der Waals surface area contributed by atoms with Gasteiger partial charge < -0.3 is 19.5 Å². The molecular formula is C17H15ClFNO4. The number of hydrogen-bond acceptors (Lipinski definition) is 4. The molecule has 1 amide bonds. The lowest BCUT2D eigenvalue weighted by molar-refractivity contribution is -0.122. The number of halogens is 2. The molecule has 1 atom stereocenters. The fourth-order valence-corrected chi connectivity index (χ4v) is 2.40. The Hall–Kier alpha value is -2.47. The molecule has 5 nitrogen and oxygen atoms in total. The van der Waals surface area contributed by atoms with Gasteiger partial charge in [-0.15, -0.1) is 0 Å². The smallest absolute Gasteiger partial charge is 0.265 e. The van der Waals surface area contributed by atoms with Crippen LogP contribution in [0.3, 0.4) is 0 Å². The van der Waals surface area contributed by atoms with Gasteiger partial charge in [-0.2, -0.15) is 0 Å². The van der Waals surface area contributed by atoms with Gasteiger partial charge in [0.25, 0.3) is 5.91 Å². The third kappa shape index (κ3) is 3.54. The molecule has 1 heterocycles. The maximum Gasteiger partial charge on any atom is 0.265 e. The number of hydrogen-bond donors (Lipinski definition) is 1. The second kappa shape index (κ2) is 6.97. The first-order valence-electron chi connectivity index (χ1n) is 7.39. The van der Waals surface area contributed by atoms with E-state index in [0.717, 1.165) is 6.07 Å². The van der Waals surface area contributed by atoms with E-state index in [2.05, 4.69) is 5.32 Å². The number of rotatable bonds is 5. The van der Waals surface area contributed by atoms with Crippen LogP contribution in [0.25, 0.3) is 0 Å². The molecule has 2 aromatic rings. The first-order valence-corrected chi connectivity index (χ1v) is 7.77. The van der Waals surface area contributed by atoms with Gasteiger partial charge in [-0.05, 0) is 36.8 Å². The Morgan fingerprint density at radius 2 is 2.08 bits per heavy atom. The standard InChI is InChI=1S/C17H15ClFNO4/c1-2-14(17(21)20-13-5-3-10(18)7-12(13)19)24-11-4-6-15-16(8-11)23-9-22-15/h3-8,14H,2,9H2,1H3,(H,20,21). The van der Waals surface area contributed by atoms with Gasteiger partial charge in [0, 0.05) is 11.1 Å². The third-order valence-corrected chi connectivity index (χ3v) is 3.71. The molecule has 2 aromatic carbocycles. The number of carbonyl (C=O) groups is 1. The first-order chi connectivity index (χ1) is 11.6. The summed E-state index contributed by atoms with van der Waals surface area (Å²) >= 11 is 5.70. The number of anilines is 1. The van der Waals surface area contributed by atoms with E-state index in [1.807, 2.05) is 0 Å². The van der Waals surface area contributed by atoms with Crippen LogP contribution in [-0.2, 0) is 4.79 Å². The zero-order valence-electron chi connectivity index (χ0n) is 12.8. The minimum atomic E-state index is -0.777. The van der Waals surface area contributed by atoms with E-state index in [9.17, 15) is 9.18 Å². The Balaban J connectivity index is 1.70. The van der Waals surface area contributed by atoms with Gasteiger partial charge in [-0.1, -0.05) is 18.5 Å². The van der Waals surface area contributed by atoms with Gasteiger partial charge >= 0.3 is 0 Å². The monoisotopic (exact) mass is 351 g/mol. The molecule has 24 heavy (non-hydrogen) atoms. The molecule has 0 aromatic heterocycles. The van der Waals surface area contributed by atoms with Gasteiger partial charge in [0.1, 0.15) is 11.6 Å². The van der Waals surface area contributed by atoms with Crippen LogP contribution in [0.15, 0.2) is 36.4 Å². The predicted molar refractivity (Wildman–Crippen MR) is 87.3 cm³/mol. The highest BCUT2D eigenvalue weighted by Crippen LogP contribution is 2.35. The Labute approximate surface area is 143 Å². The molecule has 1 N–H and O–H groups in total. The molecule has 1 unspecified atom stereocenters. The number of ether oxygens (including phenoxy) is 3. The normalized spacial score (nSPS) is 13.5. The van der Waals surface area contributed by atoms with Crippen molar-refractivity contribution < 1.29 is 23.4 Å². The van der Waals surface area contributed by atoms with Crippen molar-refractivity contribution in [2.24, 2.45) is 0 Å². The maximum atomic E-state index is 13.8. The minimum Gasteiger partial charge on any atom is -0.480 e. The Morgan fingerprint density at radius 1 is 1.29 bits per heavy atom. The third-order valence-electron chi connectivity index (χ3n) is 3.47. The fraction of sp³-hybridized carbons (Fsp3) is 0.235. The Morgan fingerprint density at radius 3 is 2.83 bits per heavy atom. The summed E-state index contributed by atoms with van der Waals surface area (Å²) in [6.07, 6.45) is -0.365. The summed E-state index contributed by atoms with van der Waals surface area (Å²) < 4.78 is 30.0. The SMILES string of the molecule is CCC(Oc1ccc2c(c1)OCO2)C(=O)Nc1ccc(Cl)cc1F. The summed E-state index contributed by atoms with van der Waals surface area (Å²) in [5.41, 5.74) is 0.0529. The topological polar surface area (TPSA) is 56.8 Å². The van der Waals surface area contributed by atoms with Crippen LogP contribution in [0.1, 0.15) is 13.3 Å². The van der Waals surface area contributed by atoms with Crippen molar-refractivity contribution in [3.63, 3.8) is 0 Å². The van der Waals surface area contributed by atoms with Crippen molar-refractivity contribution in [3.8, 4) is 17.2 Å². The minimum absolute atomic E-state index is 0.0529. The maximum absolute atomic E-state index is 13.8. The summed E-state index contributed by atoms with van der Waals surface area (Å²) in [4.78, 5) is 12.3. The van der Waals surface area contributed by atoms with E-state index in [-0.39, 0.29) is 17.5 Å². The van der Waals surface area contributed by atoms with Crippen LogP contribution < -0.4 is 19.5 Å². The highest BCUT2D eigenvalue weighted by atomic mass is 35.5. The summed E-state index contributed by atoms with van der Waals surface area (Å²) in [5, 5.41) is 2.77. The van der Waals surface area contributed by atoms with Gasteiger partial charge in [-0.3, -0.25) is 4.79 Å². The van der Waals surface area contributed by atoms with Crippen molar-refractivity contribution in [1.29, 1.82) is 0 Å². The van der Waals surface area contributed by atoms with Gasteiger partial charge in [0.05, 0.1) is 5.69 Å². The Kier molecular flexibility index (Phi) is 4.76. The van der Waals surface area contributed by atoms with Gasteiger partial charge in [0.2, 0.25) is 6.79 Å². The van der Waals surface area contributed by atoms with E-state index in [0.29, 0.717) is 23.7 Å². The van der Waals surface area contributed by atoms with Crippen molar-refractivity contribution in [2.75, 3.05) is 12.1 Å². The van der Waals surface area contributed by atoms with Crippen LogP contribution in [0, 0.1) is 5.82 Å². The second-order valence-electron chi connectivity index (χ2n) is 5.14.